The molecule has 2 rings (SSSR count). The molecule has 0 bridgehead atoms. The van der Waals surface area contributed by atoms with Gasteiger partial charge in [0.25, 0.3) is 5.56 Å². The van der Waals surface area contributed by atoms with Gasteiger partial charge in [-0.2, -0.15) is 0 Å². The van der Waals surface area contributed by atoms with E-state index in [1.807, 2.05) is 6.92 Å². The van der Waals surface area contributed by atoms with E-state index >= 15 is 0 Å². The normalized spacial score (nSPS) is 20.2. The fourth-order valence-corrected chi connectivity index (χ4v) is 2.11. The lowest BCUT2D eigenvalue weighted by molar-refractivity contribution is -0.123. The van der Waals surface area contributed by atoms with E-state index in [4.69, 9.17) is 4.74 Å². The van der Waals surface area contributed by atoms with E-state index in [0.29, 0.717) is 0 Å². The Morgan fingerprint density at radius 2 is 2.42 bits per heavy atom. The van der Waals surface area contributed by atoms with Gasteiger partial charge in [-0.1, -0.05) is 0 Å². The third-order valence-corrected chi connectivity index (χ3v) is 3.12. The number of rotatable bonds is 4. The minimum absolute atomic E-state index is 0.0382. The Balaban J connectivity index is 1.93. The summed E-state index contributed by atoms with van der Waals surface area (Å²) in [6.45, 7) is 2.49. The number of nitrogens with zero attached hydrogens (tertiary/aromatic N) is 1. The van der Waals surface area contributed by atoms with Crippen LogP contribution in [0.1, 0.15) is 19.8 Å². The molecule has 7 nitrogen and oxygen atoms in total. The number of amides is 1. The average molecular weight is 267 g/mol. The maximum absolute atomic E-state index is 11.8. The van der Waals surface area contributed by atoms with E-state index in [2.05, 4.69) is 10.3 Å². The quantitative estimate of drug-likeness (QED) is 0.748. The number of carbonyl (C=O) groups excluding carboxylic acids is 1. The molecule has 0 spiro atoms. The molecule has 0 unspecified atom stereocenters. The van der Waals surface area contributed by atoms with Crippen molar-refractivity contribution in [2.75, 3.05) is 6.61 Å². The molecule has 1 amide bonds. The van der Waals surface area contributed by atoms with Crippen LogP contribution in [0.25, 0.3) is 0 Å². The number of hydrogen-bond acceptors (Lipinski definition) is 4. The Kier molecular flexibility index (Phi) is 4.16. The Labute approximate surface area is 109 Å². The summed E-state index contributed by atoms with van der Waals surface area (Å²) in [5.74, 6) is -0.280. The maximum atomic E-state index is 11.8. The van der Waals surface area contributed by atoms with Crippen LogP contribution in [0.15, 0.2) is 21.9 Å². The first kappa shape index (κ1) is 13.5. The van der Waals surface area contributed by atoms with Crippen LogP contribution in [0.2, 0.25) is 0 Å². The van der Waals surface area contributed by atoms with Crippen molar-refractivity contribution in [3.05, 3.63) is 33.1 Å². The molecule has 2 heterocycles. The maximum Gasteiger partial charge on any atom is 0.328 e. The van der Waals surface area contributed by atoms with Gasteiger partial charge in [0.1, 0.15) is 6.54 Å². The van der Waals surface area contributed by atoms with Crippen molar-refractivity contribution in [3.8, 4) is 0 Å². The molecule has 19 heavy (non-hydrogen) atoms. The summed E-state index contributed by atoms with van der Waals surface area (Å²) < 4.78 is 6.63. The molecular weight excluding hydrogens is 250 g/mol. The Bertz CT molecular complexity index is 557. The van der Waals surface area contributed by atoms with Gasteiger partial charge in [0.15, 0.2) is 0 Å². The highest BCUT2D eigenvalue weighted by Crippen LogP contribution is 2.15. The van der Waals surface area contributed by atoms with E-state index in [9.17, 15) is 14.4 Å². The molecule has 0 aliphatic carbocycles. The Morgan fingerprint density at radius 3 is 3.05 bits per heavy atom. The molecular formula is C12H17N3O4. The monoisotopic (exact) mass is 267 g/mol. The predicted molar refractivity (Wildman–Crippen MR) is 67.9 cm³/mol. The van der Waals surface area contributed by atoms with Crippen molar-refractivity contribution in [2.45, 2.75) is 38.5 Å². The molecule has 1 aliphatic heterocycles. The molecule has 0 radical (unpaired) electrons. The zero-order chi connectivity index (χ0) is 13.8. The standard InChI is InChI=1S/C12H17N3O4/c1-8(9-3-2-6-19-9)13-11(17)7-15-5-4-10(16)14-12(15)18/h4-5,8-9H,2-3,6-7H2,1H3,(H,13,17)(H,14,16,18)/t8-,9-/m1/s1. The number of H-pyrrole nitrogens is 1. The van der Waals surface area contributed by atoms with Crippen molar-refractivity contribution in [3.63, 3.8) is 0 Å². The van der Waals surface area contributed by atoms with Crippen LogP contribution in [0, 0.1) is 0 Å². The van der Waals surface area contributed by atoms with E-state index in [0.717, 1.165) is 24.0 Å². The van der Waals surface area contributed by atoms with Gasteiger partial charge >= 0.3 is 5.69 Å². The van der Waals surface area contributed by atoms with Crippen molar-refractivity contribution >= 4 is 5.91 Å². The molecule has 1 aromatic heterocycles. The SMILES string of the molecule is C[C@@H](NC(=O)Cn1ccc(=O)[nH]c1=O)[C@H]1CCCO1. The highest BCUT2D eigenvalue weighted by Gasteiger charge is 2.23. The zero-order valence-corrected chi connectivity index (χ0v) is 10.7. The second-order valence-corrected chi connectivity index (χ2v) is 4.65. The zero-order valence-electron chi connectivity index (χ0n) is 10.7. The number of nitrogens with one attached hydrogen (secondary N) is 2. The van der Waals surface area contributed by atoms with Crippen LogP contribution in [-0.2, 0) is 16.1 Å². The third kappa shape index (κ3) is 3.54. The lowest BCUT2D eigenvalue weighted by Gasteiger charge is -2.20. The lowest BCUT2D eigenvalue weighted by atomic mass is 10.1. The fourth-order valence-electron chi connectivity index (χ4n) is 2.11. The van der Waals surface area contributed by atoms with Gasteiger partial charge < -0.3 is 10.1 Å². The number of aromatic nitrogens is 2. The van der Waals surface area contributed by atoms with Gasteiger partial charge in [0.2, 0.25) is 5.91 Å². The van der Waals surface area contributed by atoms with Crippen LogP contribution in [-0.4, -0.2) is 34.2 Å². The fraction of sp³-hybridized carbons (Fsp3) is 0.583. The Morgan fingerprint density at radius 1 is 1.63 bits per heavy atom. The Hall–Kier alpha value is -1.89. The van der Waals surface area contributed by atoms with E-state index < -0.39 is 11.2 Å². The van der Waals surface area contributed by atoms with Gasteiger partial charge in [-0.3, -0.25) is 19.1 Å². The summed E-state index contributed by atoms with van der Waals surface area (Å²) in [6.07, 6.45) is 3.28. The van der Waals surface area contributed by atoms with Crippen molar-refractivity contribution in [2.24, 2.45) is 0 Å². The molecule has 0 aromatic carbocycles. The van der Waals surface area contributed by atoms with Gasteiger partial charge in [-0.05, 0) is 19.8 Å². The summed E-state index contributed by atoms with van der Waals surface area (Å²) in [4.78, 5) is 36.2. The van der Waals surface area contributed by atoms with Crippen molar-refractivity contribution in [1.82, 2.24) is 14.9 Å². The molecule has 0 saturated carbocycles. The van der Waals surface area contributed by atoms with E-state index in [1.54, 1.807) is 0 Å². The molecule has 1 aromatic rings. The number of aromatic amines is 1. The first-order chi connectivity index (χ1) is 9.06. The van der Waals surface area contributed by atoms with Gasteiger partial charge in [0, 0.05) is 18.9 Å². The second-order valence-electron chi connectivity index (χ2n) is 4.65. The highest BCUT2D eigenvalue weighted by molar-refractivity contribution is 5.76. The summed E-state index contributed by atoms with van der Waals surface area (Å²) in [6, 6.07) is 1.12. The van der Waals surface area contributed by atoms with Gasteiger partial charge in [-0.25, -0.2) is 4.79 Å². The molecule has 2 N–H and O–H groups in total. The van der Waals surface area contributed by atoms with Crippen LogP contribution >= 0.6 is 0 Å². The second kappa shape index (κ2) is 5.83. The average Bonchev–Trinajstić information content (AvgIpc) is 2.86. The minimum Gasteiger partial charge on any atom is -0.376 e. The number of carbonyl (C=O) groups is 1. The van der Waals surface area contributed by atoms with Crippen LogP contribution in [0.4, 0.5) is 0 Å². The minimum atomic E-state index is -0.590. The van der Waals surface area contributed by atoms with Crippen molar-refractivity contribution in [1.29, 1.82) is 0 Å². The van der Waals surface area contributed by atoms with Crippen LogP contribution in [0.5, 0.6) is 0 Å². The van der Waals surface area contributed by atoms with Crippen LogP contribution < -0.4 is 16.6 Å². The summed E-state index contributed by atoms with van der Waals surface area (Å²) in [7, 11) is 0. The molecule has 7 heteroatoms. The molecule has 1 aliphatic rings. The molecule has 1 fully saturated rings. The molecule has 104 valence electrons. The highest BCUT2D eigenvalue weighted by atomic mass is 16.5. The van der Waals surface area contributed by atoms with Crippen LogP contribution in [0.3, 0.4) is 0 Å². The number of hydrogen-bond donors (Lipinski definition) is 2. The summed E-state index contributed by atoms with van der Waals surface area (Å²) >= 11 is 0. The topological polar surface area (TPSA) is 93.2 Å². The summed E-state index contributed by atoms with van der Waals surface area (Å²) in [5.41, 5.74) is -1.07. The van der Waals surface area contributed by atoms with Gasteiger partial charge in [0.05, 0.1) is 12.1 Å². The summed E-state index contributed by atoms with van der Waals surface area (Å²) in [5, 5.41) is 2.80. The smallest absolute Gasteiger partial charge is 0.328 e. The lowest BCUT2D eigenvalue weighted by Crippen LogP contribution is -2.43. The first-order valence-corrected chi connectivity index (χ1v) is 6.27. The predicted octanol–water partition coefficient (Wildman–Crippen LogP) is -0.780. The van der Waals surface area contributed by atoms with E-state index in [1.165, 1.54) is 12.3 Å². The molecule has 1 saturated heterocycles. The first-order valence-electron chi connectivity index (χ1n) is 6.27. The third-order valence-electron chi connectivity index (χ3n) is 3.12. The van der Waals surface area contributed by atoms with Gasteiger partial charge in [-0.15, -0.1) is 0 Å². The van der Waals surface area contributed by atoms with E-state index in [-0.39, 0.29) is 24.6 Å². The molecule has 2 atom stereocenters. The van der Waals surface area contributed by atoms with Crippen molar-refractivity contribution < 1.29 is 9.53 Å². The largest absolute Gasteiger partial charge is 0.376 e. The number of ether oxygens (including phenoxy) is 1.